The van der Waals surface area contributed by atoms with Crippen LogP contribution in [0.1, 0.15) is 32.8 Å². The maximum atomic E-state index is 8.41. The van der Waals surface area contributed by atoms with Gasteiger partial charge >= 0.3 is 0 Å². The van der Waals surface area contributed by atoms with Crippen molar-refractivity contribution in [3.63, 3.8) is 0 Å². The number of benzene rings is 2. The van der Waals surface area contributed by atoms with Gasteiger partial charge in [0.05, 0.1) is 5.41 Å². The van der Waals surface area contributed by atoms with Crippen LogP contribution in [0.25, 0.3) is 21.2 Å². The second-order valence-corrected chi connectivity index (χ2v) is 6.35. The first-order valence-corrected chi connectivity index (χ1v) is 7.72. The third-order valence-electron chi connectivity index (χ3n) is 4.84. The molecule has 23 heavy (non-hydrogen) atoms. The van der Waals surface area contributed by atoms with Crippen molar-refractivity contribution in [2.24, 2.45) is 5.11 Å². The number of azide groups is 1. The molecule has 0 aromatic heterocycles. The van der Waals surface area contributed by atoms with E-state index >= 15 is 0 Å². The Bertz CT molecular complexity index is 817. The van der Waals surface area contributed by atoms with Gasteiger partial charge in [-0.1, -0.05) is 29.4 Å². The Morgan fingerprint density at radius 3 is 2.65 bits per heavy atom. The summed E-state index contributed by atoms with van der Waals surface area (Å²) in [6.07, 6.45) is 0.865. The number of rotatable bonds is 4. The third-order valence-corrected chi connectivity index (χ3v) is 4.84. The molecule has 5 heteroatoms. The average Bonchev–Trinajstić information content (AvgIpc) is 2.72. The minimum atomic E-state index is 0. The monoisotopic (exact) mass is 420 g/mol. The molecule has 0 bridgehead atoms. The lowest BCUT2D eigenvalue weighted by Gasteiger charge is -2.17. The first-order chi connectivity index (χ1) is 10.6. The van der Waals surface area contributed by atoms with Gasteiger partial charge in [-0.05, 0) is 36.2 Å². The van der Waals surface area contributed by atoms with Gasteiger partial charge in [-0.15, -0.1) is 0 Å². The lowest BCUT2D eigenvalue weighted by Crippen LogP contribution is -3.00. The van der Waals surface area contributed by atoms with E-state index in [4.69, 9.17) is 5.53 Å². The second kappa shape index (κ2) is 6.89. The molecule has 0 saturated carbocycles. The molecule has 0 atom stereocenters. The lowest BCUT2D eigenvalue weighted by atomic mass is 9.80. The molecule has 2 aromatic carbocycles. The molecule has 0 saturated heterocycles. The summed E-state index contributed by atoms with van der Waals surface area (Å²) in [5, 5.41) is 6.27. The highest BCUT2D eigenvalue weighted by atomic mass is 127. The van der Waals surface area contributed by atoms with E-state index in [0.29, 0.717) is 6.54 Å². The van der Waals surface area contributed by atoms with Crippen LogP contribution in [0.15, 0.2) is 41.5 Å². The minimum Gasteiger partial charge on any atom is -1.00 e. The Labute approximate surface area is 153 Å². The molecule has 4 nitrogen and oxygen atoms in total. The minimum absolute atomic E-state index is 0. The molecular weight excluding hydrogens is 399 g/mol. The quantitative estimate of drug-likeness (QED) is 0.181. The normalized spacial score (nSPS) is 15.1. The molecular formula is C18H21IN4. The van der Waals surface area contributed by atoms with E-state index in [1.54, 1.807) is 0 Å². The predicted molar refractivity (Wildman–Crippen MR) is 91.1 cm³/mol. The van der Waals surface area contributed by atoms with Crippen molar-refractivity contribution >= 4 is 22.2 Å². The van der Waals surface area contributed by atoms with Crippen molar-refractivity contribution in [1.82, 2.24) is 0 Å². The van der Waals surface area contributed by atoms with Crippen molar-refractivity contribution in [3.8, 4) is 0 Å². The molecule has 0 amide bonds. The van der Waals surface area contributed by atoms with Gasteiger partial charge in [-0.3, -0.25) is 0 Å². The van der Waals surface area contributed by atoms with Crippen LogP contribution in [-0.4, -0.2) is 23.4 Å². The zero-order valence-corrected chi connectivity index (χ0v) is 15.9. The van der Waals surface area contributed by atoms with E-state index in [1.165, 1.54) is 27.7 Å². The van der Waals surface area contributed by atoms with E-state index < -0.39 is 0 Å². The van der Waals surface area contributed by atoms with Gasteiger partial charge < -0.3 is 24.0 Å². The molecule has 3 rings (SSSR count). The summed E-state index contributed by atoms with van der Waals surface area (Å²) in [7, 11) is 0. The van der Waals surface area contributed by atoms with E-state index in [2.05, 4.69) is 71.8 Å². The Morgan fingerprint density at radius 2 is 1.91 bits per heavy atom. The molecule has 0 radical (unpaired) electrons. The largest absolute Gasteiger partial charge is 1.00 e. The predicted octanol–water partition coefficient (Wildman–Crippen LogP) is 1.94. The van der Waals surface area contributed by atoms with Crippen molar-refractivity contribution in [1.29, 1.82) is 0 Å². The maximum Gasteiger partial charge on any atom is 0.210 e. The fourth-order valence-corrected chi connectivity index (χ4v) is 3.47. The van der Waals surface area contributed by atoms with E-state index in [0.717, 1.165) is 13.0 Å². The van der Waals surface area contributed by atoms with Crippen LogP contribution in [0.2, 0.25) is 0 Å². The Balaban J connectivity index is 0.00000192. The van der Waals surface area contributed by atoms with E-state index in [9.17, 15) is 0 Å². The summed E-state index contributed by atoms with van der Waals surface area (Å²) in [5.41, 5.74) is 12.5. The number of hydrogen-bond donors (Lipinski definition) is 0. The number of nitrogens with zero attached hydrogens (tertiary/aromatic N) is 4. The molecule has 1 aliphatic rings. The zero-order chi connectivity index (χ0) is 15.7. The first-order valence-electron chi connectivity index (χ1n) is 7.72. The first kappa shape index (κ1) is 17.8. The lowest BCUT2D eigenvalue weighted by molar-refractivity contribution is -0.439. The van der Waals surface area contributed by atoms with Gasteiger partial charge in [0.1, 0.15) is 6.54 Å². The standard InChI is InChI=1S/C18H21N4.HI/c1-13-18(2,3)17-15-8-5-4-7-14(15)9-10-16(17)22(13)12-6-11-20-21-19;/h4-5,7-10H,6,11-12H2,1-3H3;1H/q+1;/p-1. The number of fused-ring (bicyclic) bond motifs is 3. The van der Waals surface area contributed by atoms with E-state index in [1.807, 2.05) is 0 Å². The van der Waals surface area contributed by atoms with Gasteiger partial charge in [0.25, 0.3) is 0 Å². The van der Waals surface area contributed by atoms with Crippen LogP contribution in [0.3, 0.4) is 0 Å². The summed E-state index contributed by atoms with van der Waals surface area (Å²) >= 11 is 0. The van der Waals surface area contributed by atoms with Crippen molar-refractivity contribution in [2.75, 3.05) is 13.1 Å². The van der Waals surface area contributed by atoms with Gasteiger partial charge in [-0.25, -0.2) is 0 Å². The molecule has 1 aliphatic heterocycles. The Morgan fingerprint density at radius 1 is 1.17 bits per heavy atom. The number of halogens is 1. The SMILES string of the molecule is CC1=[N+](CCCN=[N+]=[N-])c2ccc3ccccc3c2C1(C)C.[I-]. The maximum absolute atomic E-state index is 8.41. The van der Waals surface area contributed by atoms with Crippen LogP contribution in [0, 0.1) is 0 Å². The van der Waals surface area contributed by atoms with Crippen LogP contribution >= 0.6 is 0 Å². The smallest absolute Gasteiger partial charge is 0.210 e. The summed E-state index contributed by atoms with van der Waals surface area (Å²) in [4.78, 5) is 2.83. The number of hydrogen-bond acceptors (Lipinski definition) is 1. The summed E-state index contributed by atoms with van der Waals surface area (Å²) in [6.45, 7) is 8.23. The fraction of sp³-hybridized carbons (Fsp3) is 0.389. The molecule has 120 valence electrons. The Kier molecular flexibility index (Phi) is 5.32. The molecule has 0 spiro atoms. The van der Waals surface area contributed by atoms with Crippen LogP contribution in [-0.2, 0) is 5.41 Å². The van der Waals surface area contributed by atoms with Crippen LogP contribution < -0.4 is 24.0 Å². The van der Waals surface area contributed by atoms with Gasteiger partial charge in [0, 0.05) is 36.4 Å². The summed E-state index contributed by atoms with van der Waals surface area (Å²) in [5.74, 6) is 0. The fourth-order valence-electron chi connectivity index (χ4n) is 3.47. The Hall–Kier alpha value is -1.59. The average molecular weight is 420 g/mol. The topological polar surface area (TPSA) is 51.8 Å². The molecule has 1 heterocycles. The molecule has 0 N–H and O–H groups in total. The molecule has 0 aliphatic carbocycles. The van der Waals surface area contributed by atoms with E-state index in [-0.39, 0.29) is 29.4 Å². The summed E-state index contributed by atoms with van der Waals surface area (Å²) in [6, 6.07) is 13.0. The van der Waals surface area contributed by atoms with Gasteiger partial charge in [0.2, 0.25) is 5.69 Å². The highest BCUT2D eigenvalue weighted by Crippen LogP contribution is 2.43. The van der Waals surface area contributed by atoms with Crippen LogP contribution in [0.5, 0.6) is 0 Å². The van der Waals surface area contributed by atoms with Gasteiger partial charge in [0.15, 0.2) is 5.71 Å². The van der Waals surface area contributed by atoms with Gasteiger partial charge in [-0.2, -0.15) is 4.58 Å². The van der Waals surface area contributed by atoms with Crippen molar-refractivity contribution < 1.29 is 28.6 Å². The van der Waals surface area contributed by atoms with Crippen LogP contribution in [0.4, 0.5) is 5.69 Å². The molecule has 0 unspecified atom stereocenters. The zero-order valence-electron chi connectivity index (χ0n) is 13.8. The van der Waals surface area contributed by atoms with Crippen molar-refractivity contribution in [3.05, 3.63) is 52.4 Å². The van der Waals surface area contributed by atoms with Crippen molar-refractivity contribution in [2.45, 2.75) is 32.6 Å². The highest BCUT2D eigenvalue weighted by molar-refractivity contribution is 6.01. The summed E-state index contributed by atoms with van der Waals surface area (Å²) < 4.78 is 2.38. The molecule has 2 aromatic rings. The second-order valence-electron chi connectivity index (χ2n) is 6.35. The third kappa shape index (κ3) is 2.95. The highest BCUT2D eigenvalue weighted by Gasteiger charge is 2.43. The molecule has 0 fully saturated rings.